The lowest BCUT2D eigenvalue weighted by atomic mass is 9.97. The quantitative estimate of drug-likeness (QED) is 0.0977. The molecule has 5 aliphatic heterocycles. The second kappa shape index (κ2) is 22.8. The minimum atomic E-state index is -4.67. The van der Waals surface area contributed by atoms with Crippen molar-refractivity contribution in [1.82, 2.24) is 54.8 Å². The van der Waals surface area contributed by atoms with Crippen LogP contribution in [0.5, 0.6) is 5.75 Å². The number of rotatable bonds is 17. The van der Waals surface area contributed by atoms with Crippen molar-refractivity contribution in [3.63, 3.8) is 0 Å². The number of piperazine rings is 2. The van der Waals surface area contributed by atoms with Gasteiger partial charge in [-0.3, -0.25) is 24.4 Å². The zero-order valence-electron chi connectivity index (χ0n) is 43.1. The monoisotopic (exact) mass is 1080 g/mol. The maximum atomic E-state index is 13.5. The van der Waals surface area contributed by atoms with Crippen molar-refractivity contribution < 1.29 is 47.2 Å². The summed E-state index contributed by atoms with van der Waals surface area (Å²) in [6.45, 7) is 10.8. The lowest BCUT2D eigenvalue weighted by Crippen LogP contribution is -2.59. The zero-order chi connectivity index (χ0) is 54.7. The molecule has 4 aromatic heterocycles. The Balaban J connectivity index is 0.612. The largest absolute Gasteiger partial charge is 0.484 e. The summed E-state index contributed by atoms with van der Waals surface area (Å²) in [5, 5.41) is 36.9. The second-order valence-electron chi connectivity index (χ2n) is 20.6. The van der Waals surface area contributed by atoms with E-state index in [0.29, 0.717) is 124 Å². The number of aliphatic hydroxyl groups excluding tert-OH is 2. The molecule has 0 unspecified atom stereocenters. The average Bonchev–Trinajstić information content (AvgIpc) is 3.91. The number of pyridine rings is 2. The number of nitrogens with one attached hydrogen (secondary N) is 2. The predicted octanol–water partition coefficient (Wildman–Crippen LogP) is 2.83. The van der Waals surface area contributed by atoms with Crippen LogP contribution in [0.25, 0.3) is 11.3 Å². The van der Waals surface area contributed by atoms with Gasteiger partial charge in [0.1, 0.15) is 41.4 Å². The van der Waals surface area contributed by atoms with Crippen molar-refractivity contribution in [1.29, 1.82) is 5.26 Å². The number of hydrogen-bond acceptors (Lipinski definition) is 19. The summed E-state index contributed by atoms with van der Waals surface area (Å²) in [5.74, 6) is 1.11. The molecule has 0 bridgehead atoms. The molecule has 3 amide bonds. The molecular formula is C53H60F3N15O7. The predicted molar refractivity (Wildman–Crippen MR) is 276 cm³/mol. The molecule has 4 fully saturated rings. The molecular weight excluding hydrogens is 1020 g/mol. The van der Waals surface area contributed by atoms with Crippen LogP contribution in [-0.2, 0) is 28.8 Å². The molecule has 78 heavy (non-hydrogen) atoms. The topological polar surface area (TPSA) is 255 Å². The minimum absolute atomic E-state index is 0.0288. The summed E-state index contributed by atoms with van der Waals surface area (Å²) >= 11 is 0. The van der Waals surface area contributed by atoms with Gasteiger partial charge in [0, 0.05) is 115 Å². The lowest BCUT2D eigenvalue weighted by Gasteiger charge is -2.42. The molecule has 5 aliphatic rings. The van der Waals surface area contributed by atoms with Crippen molar-refractivity contribution in [2.45, 2.75) is 75.5 Å². The Morgan fingerprint density at radius 2 is 1.68 bits per heavy atom. The van der Waals surface area contributed by atoms with Crippen LogP contribution in [0.4, 0.5) is 35.5 Å². The van der Waals surface area contributed by atoms with Crippen LogP contribution in [0.15, 0.2) is 79.5 Å². The molecule has 4 saturated heterocycles. The zero-order valence-corrected chi connectivity index (χ0v) is 43.1. The molecule has 0 saturated carbocycles. The number of urea groups is 1. The van der Waals surface area contributed by atoms with E-state index >= 15 is 0 Å². The van der Waals surface area contributed by atoms with Gasteiger partial charge in [0.2, 0.25) is 5.95 Å². The fourth-order valence-electron chi connectivity index (χ4n) is 10.5. The van der Waals surface area contributed by atoms with Crippen LogP contribution in [-0.4, -0.2) is 199 Å². The molecule has 0 spiro atoms. The normalized spacial score (nSPS) is 22.5. The standard InChI is InChI=1S/C53H60F3N15O7/c1-52(2)48(75)38-10-11-39(64-49(38)71(52)27-34-5-3-12-59-40(34)21-57)35-22-61-50(62-23-35)68-19-20-70-36(28-68)29-69(51(70)76)14-4-13-60-45(72)32-77-37-8-6-33(7-9-37)26-66-15-17-67(18-16-66)30-42-47(74)46(73)41(31-78-42)63-44-25-58-24-43(65-44)53(54,55)56/h3,5-12,22-25,36,41-42,46-47,73-74H,4,13-20,26-32H2,1-2H3,(H,60,72)(H,63,65)/t36-,41-,42+,46+,47-/m0/s1. The number of carbonyl (C=O) groups excluding carboxylic acids is 3. The summed E-state index contributed by atoms with van der Waals surface area (Å²) in [4.78, 5) is 77.3. The van der Waals surface area contributed by atoms with Crippen LogP contribution in [0.1, 0.15) is 53.1 Å². The van der Waals surface area contributed by atoms with E-state index in [2.05, 4.69) is 46.4 Å². The van der Waals surface area contributed by atoms with Gasteiger partial charge in [-0.05, 0) is 56.2 Å². The fraction of sp³-hybridized carbons (Fsp3) is 0.472. The third kappa shape index (κ3) is 11.8. The first-order valence-electron chi connectivity index (χ1n) is 25.9. The number of alkyl halides is 3. The average molecular weight is 1080 g/mol. The van der Waals surface area contributed by atoms with E-state index in [-0.39, 0.29) is 49.3 Å². The van der Waals surface area contributed by atoms with E-state index in [1.807, 2.05) is 58.9 Å². The molecule has 4 N–H and O–H groups in total. The number of aromatic nitrogens is 6. The van der Waals surface area contributed by atoms with E-state index in [9.17, 15) is 43.0 Å². The number of carbonyl (C=O) groups is 3. The summed E-state index contributed by atoms with van der Waals surface area (Å²) in [7, 11) is 0. The number of benzene rings is 1. The first-order chi connectivity index (χ1) is 37.5. The van der Waals surface area contributed by atoms with Crippen LogP contribution in [0.2, 0.25) is 0 Å². The van der Waals surface area contributed by atoms with Crippen molar-refractivity contribution in [3.05, 3.63) is 108 Å². The number of fused-ring (bicyclic) bond motifs is 2. The van der Waals surface area contributed by atoms with Gasteiger partial charge in [-0.15, -0.1) is 0 Å². The molecule has 10 rings (SSSR count). The lowest BCUT2D eigenvalue weighted by molar-refractivity contribution is -0.148. The van der Waals surface area contributed by atoms with Crippen molar-refractivity contribution in [2.24, 2.45) is 0 Å². The number of Topliss-reactive ketones (excluding diaryl/α,β-unsaturated/α-hetero) is 1. The number of nitrogens with zero attached hydrogens (tertiary/aromatic N) is 13. The van der Waals surface area contributed by atoms with E-state index < -0.39 is 41.8 Å². The summed E-state index contributed by atoms with van der Waals surface area (Å²) in [6, 6.07) is 15.9. The second-order valence-corrected chi connectivity index (χ2v) is 20.6. The molecule has 22 nitrogen and oxygen atoms in total. The number of hydrogen-bond donors (Lipinski definition) is 4. The van der Waals surface area contributed by atoms with E-state index in [1.165, 1.54) is 0 Å². The first-order valence-corrected chi connectivity index (χ1v) is 25.9. The van der Waals surface area contributed by atoms with Gasteiger partial charge < -0.3 is 49.9 Å². The van der Waals surface area contributed by atoms with Gasteiger partial charge in [-0.2, -0.15) is 18.4 Å². The molecule has 0 radical (unpaired) electrons. The number of ketones is 1. The highest BCUT2D eigenvalue weighted by Crippen LogP contribution is 2.40. The molecule has 5 aromatic rings. The Hall–Kier alpha value is -7.63. The highest BCUT2D eigenvalue weighted by molar-refractivity contribution is 6.12. The number of aliphatic hydroxyl groups is 2. The maximum Gasteiger partial charge on any atom is 0.434 e. The van der Waals surface area contributed by atoms with Crippen LogP contribution in [0.3, 0.4) is 0 Å². The van der Waals surface area contributed by atoms with Crippen LogP contribution < -0.4 is 25.2 Å². The highest BCUT2D eigenvalue weighted by atomic mass is 19.4. The molecule has 9 heterocycles. The molecule has 0 aliphatic carbocycles. The fourth-order valence-corrected chi connectivity index (χ4v) is 10.5. The minimum Gasteiger partial charge on any atom is -0.484 e. The van der Waals surface area contributed by atoms with Crippen LogP contribution >= 0.6 is 0 Å². The Labute approximate surface area is 447 Å². The Kier molecular flexibility index (Phi) is 15.7. The molecule has 1 aromatic carbocycles. The smallest absolute Gasteiger partial charge is 0.434 e. The number of anilines is 3. The van der Waals surface area contributed by atoms with E-state index in [4.69, 9.17) is 24.4 Å². The highest BCUT2D eigenvalue weighted by Gasteiger charge is 2.46. The Morgan fingerprint density at radius 1 is 0.910 bits per heavy atom. The van der Waals surface area contributed by atoms with Gasteiger partial charge in [-0.25, -0.2) is 29.7 Å². The van der Waals surface area contributed by atoms with Crippen molar-refractivity contribution in [2.75, 3.05) is 100 Å². The van der Waals surface area contributed by atoms with Crippen molar-refractivity contribution >= 4 is 35.3 Å². The third-order valence-electron chi connectivity index (χ3n) is 15.0. The molecule has 25 heteroatoms. The third-order valence-corrected chi connectivity index (χ3v) is 15.0. The van der Waals surface area contributed by atoms with Gasteiger partial charge in [-0.1, -0.05) is 18.2 Å². The van der Waals surface area contributed by atoms with Gasteiger partial charge >= 0.3 is 12.2 Å². The van der Waals surface area contributed by atoms with Gasteiger partial charge in [0.25, 0.3) is 5.91 Å². The van der Waals surface area contributed by atoms with Gasteiger partial charge in [0.05, 0.1) is 54.0 Å². The van der Waals surface area contributed by atoms with Crippen LogP contribution in [0, 0.1) is 11.3 Å². The number of amides is 3. The number of nitriles is 1. The first kappa shape index (κ1) is 53.8. The van der Waals surface area contributed by atoms with E-state index in [1.54, 1.807) is 36.8 Å². The summed E-state index contributed by atoms with van der Waals surface area (Å²) in [5.41, 5.74) is 1.79. The summed E-state index contributed by atoms with van der Waals surface area (Å²) in [6.07, 6.45) is -0.634. The number of halogens is 3. The van der Waals surface area contributed by atoms with E-state index in [0.717, 1.165) is 24.8 Å². The SMILES string of the molecule is CC1(C)C(=O)c2ccc(-c3cnc(N4CCN5C(=O)N(CCCNC(=O)COc6ccc(CN7CCN(C[C@H]8OC[C@H](Nc9cncc(C(F)(F)F)n9)[C@@H](O)[C@H]8O)CC7)cc6)C[C@@H]5C4)nc3)nc2N1Cc1cccnc1C#N. The Morgan fingerprint density at radius 3 is 2.44 bits per heavy atom. The molecule has 410 valence electrons. The Bertz CT molecular complexity index is 3010. The number of ether oxygens (including phenoxy) is 2. The summed E-state index contributed by atoms with van der Waals surface area (Å²) < 4.78 is 50.9. The maximum absolute atomic E-state index is 13.5. The van der Waals surface area contributed by atoms with Crippen molar-refractivity contribution in [3.8, 4) is 23.1 Å². The van der Waals surface area contributed by atoms with Gasteiger partial charge in [0.15, 0.2) is 18.1 Å². The molecule has 5 atom stereocenters.